The van der Waals surface area contributed by atoms with Crippen molar-refractivity contribution in [3.05, 3.63) is 48.3 Å². The maximum Gasteiger partial charge on any atom is 0.288 e. The molecule has 0 radical (unpaired) electrons. The molecule has 0 spiro atoms. The van der Waals surface area contributed by atoms with E-state index in [2.05, 4.69) is 0 Å². The van der Waals surface area contributed by atoms with Gasteiger partial charge < -0.3 is 5.11 Å². The van der Waals surface area contributed by atoms with E-state index < -0.39 is 17.3 Å². The summed E-state index contributed by atoms with van der Waals surface area (Å²) in [6.07, 6.45) is 0. The van der Waals surface area contributed by atoms with Crippen molar-refractivity contribution in [2.24, 2.45) is 0 Å². The van der Waals surface area contributed by atoms with Crippen LogP contribution in [0.25, 0.3) is 11.1 Å². The van der Waals surface area contributed by atoms with Crippen LogP contribution in [0.5, 0.6) is 5.75 Å². The lowest BCUT2D eigenvalue weighted by Crippen LogP contribution is -1.83. The van der Waals surface area contributed by atoms with Crippen molar-refractivity contribution in [3.8, 4) is 16.9 Å². The fourth-order valence-corrected chi connectivity index (χ4v) is 2.01. The number of benzene rings is 2. The van der Waals surface area contributed by atoms with Gasteiger partial charge in [0.15, 0.2) is 11.6 Å². The van der Waals surface area contributed by atoms with Crippen molar-refractivity contribution >= 4 is 11.8 Å². The largest absolute Gasteiger partial charge is 0.505 e. The number of rotatable bonds is 3. The molecule has 0 atom stereocenters. The van der Waals surface area contributed by atoms with Gasteiger partial charge in [0.1, 0.15) is 0 Å². The molecular formula is C13H9F3OS. The minimum absolute atomic E-state index is 0.413. The Morgan fingerprint density at radius 1 is 0.944 bits per heavy atom. The SMILES string of the molecule is Oc1ccc(-c2ccc(SC(F)F)cc2)cc1F. The van der Waals surface area contributed by atoms with Crippen LogP contribution < -0.4 is 0 Å². The zero-order chi connectivity index (χ0) is 13.1. The predicted molar refractivity (Wildman–Crippen MR) is 65.4 cm³/mol. The van der Waals surface area contributed by atoms with Crippen LogP contribution >= 0.6 is 11.8 Å². The van der Waals surface area contributed by atoms with Crippen LogP contribution in [0.4, 0.5) is 13.2 Å². The van der Waals surface area contributed by atoms with E-state index in [1.54, 1.807) is 30.3 Å². The van der Waals surface area contributed by atoms with Gasteiger partial charge in [-0.3, -0.25) is 0 Å². The Labute approximate surface area is 106 Å². The third-order valence-electron chi connectivity index (χ3n) is 2.36. The maximum absolute atomic E-state index is 13.2. The number of aromatic hydroxyl groups is 1. The molecule has 0 aliphatic carbocycles. The van der Waals surface area contributed by atoms with Gasteiger partial charge in [0, 0.05) is 4.90 Å². The average Bonchev–Trinajstić information content (AvgIpc) is 2.33. The van der Waals surface area contributed by atoms with Gasteiger partial charge in [-0.05, 0) is 35.4 Å². The van der Waals surface area contributed by atoms with Gasteiger partial charge in [-0.15, -0.1) is 0 Å². The van der Waals surface area contributed by atoms with Gasteiger partial charge in [0.05, 0.1) is 0 Å². The first kappa shape index (κ1) is 12.8. The van der Waals surface area contributed by atoms with Crippen LogP contribution in [-0.2, 0) is 0 Å². The Hall–Kier alpha value is -1.62. The molecule has 0 saturated heterocycles. The summed E-state index contributed by atoms with van der Waals surface area (Å²) in [6.45, 7) is 0. The van der Waals surface area contributed by atoms with Gasteiger partial charge in [-0.2, -0.15) is 8.78 Å². The summed E-state index contributed by atoms with van der Waals surface area (Å²) >= 11 is 0.461. The molecule has 18 heavy (non-hydrogen) atoms. The number of hydrogen-bond acceptors (Lipinski definition) is 2. The monoisotopic (exact) mass is 270 g/mol. The van der Waals surface area contributed by atoms with Crippen molar-refractivity contribution in [3.63, 3.8) is 0 Å². The first-order chi connectivity index (χ1) is 8.56. The third kappa shape index (κ3) is 2.98. The molecule has 2 rings (SSSR count). The zero-order valence-electron chi connectivity index (χ0n) is 9.11. The normalized spacial score (nSPS) is 10.9. The highest BCUT2D eigenvalue weighted by molar-refractivity contribution is 7.99. The quantitative estimate of drug-likeness (QED) is 0.828. The molecule has 0 aliphatic heterocycles. The van der Waals surface area contributed by atoms with E-state index in [4.69, 9.17) is 5.11 Å². The highest BCUT2D eigenvalue weighted by atomic mass is 32.2. The highest BCUT2D eigenvalue weighted by Crippen LogP contribution is 2.29. The summed E-state index contributed by atoms with van der Waals surface area (Å²) in [5.74, 6) is -3.58. The molecule has 5 heteroatoms. The lowest BCUT2D eigenvalue weighted by Gasteiger charge is -2.05. The van der Waals surface area contributed by atoms with E-state index in [1.165, 1.54) is 12.1 Å². The Kier molecular flexibility index (Phi) is 3.81. The Morgan fingerprint density at radius 2 is 1.56 bits per heavy atom. The molecule has 2 aromatic carbocycles. The lowest BCUT2D eigenvalue weighted by molar-refractivity contribution is 0.252. The molecular weight excluding hydrogens is 261 g/mol. The molecule has 0 aliphatic rings. The molecule has 0 aromatic heterocycles. The van der Waals surface area contributed by atoms with Crippen molar-refractivity contribution in [1.29, 1.82) is 0 Å². The summed E-state index contributed by atoms with van der Waals surface area (Å²) in [4.78, 5) is 0.452. The van der Waals surface area contributed by atoms with E-state index in [0.717, 1.165) is 0 Å². The summed E-state index contributed by atoms with van der Waals surface area (Å²) in [6, 6.07) is 10.4. The summed E-state index contributed by atoms with van der Waals surface area (Å²) < 4.78 is 37.4. The fraction of sp³-hybridized carbons (Fsp3) is 0.0769. The predicted octanol–water partition coefficient (Wildman–Crippen LogP) is 4.51. The van der Waals surface area contributed by atoms with E-state index >= 15 is 0 Å². The van der Waals surface area contributed by atoms with Crippen molar-refractivity contribution in [2.75, 3.05) is 0 Å². The molecule has 1 nitrogen and oxygen atoms in total. The van der Waals surface area contributed by atoms with Gasteiger partial charge in [-0.25, -0.2) is 4.39 Å². The molecule has 0 fully saturated rings. The number of hydrogen-bond donors (Lipinski definition) is 1. The molecule has 94 valence electrons. The summed E-state index contributed by atoms with van der Waals surface area (Å²) in [5.41, 5.74) is 1.28. The van der Waals surface area contributed by atoms with Gasteiger partial charge in [-0.1, -0.05) is 30.0 Å². The smallest absolute Gasteiger partial charge is 0.288 e. The van der Waals surface area contributed by atoms with Crippen molar-refractivity contribution < 1.29 is 18.3 Å². The Morgan fingerprint density at radius 3 is 2.11 bits per heavy atom. The zero-order valence-corrected chi connectivity index (χ0v) is 9.92. The highest BCUT2D eigenvalue weighted by Gasteiger charge is 2.07. The Balaban J connectivity index is 2.25. The van der Waals surface area contributed by atoms with E-state index in [1.807, 2.05) is 0 Å². The van der Waals surface area contributed by atoms with Crippen LogP contribution in [0, 0.1) is 5.82 Å². The van der Waals surface area contributed by atoms with Gasteiger partial charge in [0.25, 0.3) is 5.76 Å². The number of halogens is 3. The van der Waals surface area contributed by atoms with Gasteiger partial charge >= 0.3 is 0 Å². The van der Waals surface area contributed by atoms with Crippen LogP contribution in [0.1, 0.15) is 0 Å². The maximum atomic E-state index is 13.2. The van der Waals surface area contributed by atoms with E-state index in [0.29, 0.717) is 27.8 Å². The summed E-state index contributed by atoms with van der Waals surface area (Å²) in [7, 11) is 0. The second kappa shape index (κ2) is 5.35. The fourth-order valence-electron chi connectivity index (χ4n) is 1.52. The molecule has 0 amide bonds. The second-order valence-corrected chi connectivity index (χ2v) is 4.63. The topological polar surface area (TPSA) is 20.2 Å². The van der Waals surface area contributed by atoms with E-state index in [9.17, 15) is 13.2 Å². The lowest BCUT2D eigenvalue weighted by atomic mass is 10.1. The standard InChI is InChI=1S/C13H9F3OS/c14-11-7-9(3-6-12(11)17)8-1-4-10(5-2-8)18-13(15)16/h1-7,13,17H. The molecule has 1 N–H and O–H groups in total. The molecule has 0 saturated carbocycles. The Bertz CT molecular complexity index is 540. The molecule has 0 bridgehead atoms. The molecule has 0 heterocycles. The summed E-state index contributed by atoms with van der Waals surface area (Å²) in [5, 5.41) is 9.07. The number of thioether (sulfide) groups is 1. The first-order valence-electron chi connectivity index (χ1n) is 5.10. The van der Waals surface area contributed by atoms with Crippen LogP contribution in [-0.4, -0.2) is 10.9 Å². The van der Waals surface area contributed by atoms with E-state index in [-0.39, 0.29) is 0 Å². The van der Waals surface area contributed by atoms with Gasteiger partial charge in [0.2, 0.25) is 0 Å². The van der Waals surface area contributed by atoms with Crippen LogP contribution in [0.3, 0.4) is 0 Å². The number of phenols is 1. The minimum Gasteiger partial charge on any atom is -0.505 e. The van der Waals surface area contributed by atoms with Crippen LogP contribution in [0.15, 0.2) is 47.4 Å². The van der Waals surface area contributed by atoms with Crippen LogP contribution in [0.2, 0.25) is 0 Å². The average molecular weight is 270 g/mol. The molecule has 2 aromatic rings. The first-order valence-corrected chi connectivity index (χ1v) is 5.98. The number of phenolic OH excluding ortho intramolecular Hbond substituents is 1. The van der Waals surface area contributed by atoms with Crippen molar-refractivity contribution in [1.82, 2.24) is 0 Å². The molecule has 0 unspecified atom stereocenters. The minimum atomic E-state index is -2.46. The third-order valence-corrected chi connectivity index (χ3v) is 3.08. The second-order valence-electron chi connectivity index (χ2n) is 3.57. The number of alkyl halides is 2. The van der Waals surface area contributed by atoms with Crippen molar-refractivity contribution in [2.45, 2.75) is 10.7 Å².